The number of fused-ring (bicyclic) bond motifs is 1. The average Bonchev–Trinajstić information content (AvgIpc) is 3.57. The highest BCUT2D eigenvalue weighted by molar-refractivity contribution is 7.91. The number of pyridine rings is 1. The van der Waals surface area contributed by atoms with E-state index in [1.54, 1.807) is 54.4 Å². The molecule has 13 heteroatoms. The van der Waals surface area contributed by atoms with Gasteiger partial charge in [-0.05, 0) is 84.3 Å². The molecule has 2 heterocycles. The molecule has 0 saturated carbocycles. The molecule has 2 atom stereocenters. The summed E-state index contributed by atoms with van der Waals surface area (Å²) in [6.45, 7) is 3.76. The molecule has 0 radical (unpaired) electrons. The van der Waals surface area contributed by atoms with Gasteiger partial charge in [0.25, 0.3) is 0 Å². The number of methoxy groups -OCH3 is 2. The first-order valence-corrected chi connectivity index (χ1v) is 17.0. The molecule has 11 nitrogen and oxygen atoms in total. The lowest BCUT2D eigenvalue weighted by Gasteiger charge is -2.32. The molecule has 0 spiro atoms. The maximum Gasteiger partial charge on any atom is 0.411 e. The van der Waals surface area contributed by atoms with Crippen molar-refractivity contribution in [3.05, 3.63) is 83.3 Å². The third kappa shape index (κ3) is 6.80. The van der Waals surface area contributed by atoms with E-state index in [1.807, 2.05) is 13.0 Å². The predicted molar refractivity (Wildman–Crippen MR) is 179 cm³/mol. The topological polar surface area (TPSA) is 153 Å². The molecule has 1 fully saturated rings. The molecule has 248 valence electrons. The van der Waals surface area contributed by atoms with E-state index >= 15 is 4.39 Å². The van der Waals surface area contributed by atoms with Crippen molar-refractivity contribution >= 4 is 49.8 Å². The van der Waals surface area contributed by atoms with Gasteiger partial charge in [0.15, 0.2) is 21.4 Å². The van der Waals surface area contributed by atoms with E-state index in [0.717, 1.165) is 16.3 Å². The number of nitrogens with two attached hydrogens (primary N) is 1. The number of sulfone groups is 1. The van der Waals surface area contributed by atoms with Gasteiger partial charge in [-0.1, -0.05) is 19.9 Å². The highest BCUT2D eigenvalue weighted by Gasteiger charge is 2.38. The van der Waals surface area contributed by atoms with Gasteiger partial charge >= 0.3 is 6.09 Å². The van der Waals surface area contributed by atoms with E-state index in [-0.39, 0.29) is 22.0 Å². The minimum absolute atomic E-state index is 0.00666. The van der Waals surface area contributed by atoms with Gasteiger partial charge < -0.3 is 25.4 Å². The van der Waals surface area contributed by atoms with Crippen molar-refractivity contribution in [3.63, 3.8) is 0 Å². The summed E-state index contributed by atoms with van der Waals surface area (Å²) >= 11 is 0. The summed E-state index contributed by atoms with van der Waals surface area (Å²) in [5, 5.41) is 7.34. The summed E-state index contributed by atoms with van der Waals surface area (Å²) in [7, 11) is -1.13. The lowest BCUT2D eigenvalue weighted by molar-refractivity contribution is -0.133. The Morgan fingerprint density at radius 3 is 2.55 bits per heavy atom. The third-order valence-corrected chi connectivity index (χ3v) is 10.3. The summed E-state index contributed by atoms with van der Waals surface area (Å²) in [5.41, 5.74) is 8.12. The van der Waals surface area contributed by atoms with Crippen LogP contribution in [0.5, 0.6) is 5.75 Å². The van der Waals surface area contributed by atoms with E-state index < -0.39 is 39.7 Å². The first kappa shape index (κ1) is 33.5. The van der Waals surface area contributed by atoms with Crippen molar-refractivity contribution in [2.24, 2.45) is 0 Å². The van der Waals surface area contributed by atoms with Gasteiger partial charge in [0.05, 0.1) is 30.9 Å². The molecule has 1 aromatic heterocycles. The van der Waals surface area contributed by atoms with Crippen molar-refractivity contribution < 1.29 is 31.9 Å². The number of amides is 2. The fourth-order valence-corrected chi connectivity index (χ4v) is 7.13. The number of halogens is 1. The summed E-state index contributed by atoms with van der Waals surface area (Å²) in [6.07, 6.45) is 2.46. The Morgan fingerprint density at radius 1 is 1.09 bits per heavy atom. The zero-order valence-electron chi connectivity index (χ0n) is 26.7. The molecular weight excluding hydrogens is 625 g/mol. The van der Waals surface area contributed by atoms with Crippen LogP contribution in [0, 0.1) is 5.82 Å². The normalized spacial score (nSPS) is 15.3. The minimum Gasteiger partial charge on any atom is -0.494 e. The summed E-state index contributed by atoms with van der Waals surface area (Å²) in [4.78, 5) is 32.5. The smallest absolute Gasteiger partial charge is 0.411 e. The third-order valence-electron chi connectivity index (χ3n) is 8.47. The Balaban J connectivity index is 1.63. The second-order valence-electron chi connectivity index (χ2n) is 11.2. The summed E-state index contributed by atoms with van der Waals surface area (Å²) in [6, 6.07) is 13.0. The van der Waals surface area contributed by atoms with Crippen molar-refractivity contribution in [2.75, 3.05) is 42.9 Å². The number of nitrogens with one attached hydrogen (secondary N) is 2. The van der Waals surface area contributed by atoms with Crippen molar-refractivity contribution in [1.29, 1.82) is 0 Å². The Morgan fingerprint density at radius 2 is 1.85 bits per heavy atom. The van der Waals surface area contributed by atoms with Gasteiger partial charge in [-0.3, -0.25) is 10.1 Å². The number of carbonyl (C=O) groups is 2. The highest BCUT2D eigenvalue weighted by atomic mass is 32.2. The van der Waals surface area contributed by atoms with Crippen molar-refractivity contribution in [3.8, 4) is 5.75 Å². The van der Waals surface area contributed by atoms with Gasteiger partial charge in [0, 0.05) is 35.1 Å². The molecule has 2 amide bonds. The van der Waals surface area contributed by atoms with E-state index in [4.69, 9.17) is 15.2 Å². The minimum atomic E-state index is -3.73. The molecule has 0 aliphatic carbocycles. The number of anilines is 3. The van der Waals surface area contributed by atoms with E-state index in [9.17, 15) is 18.0 Å². The highest BCUT2D eigenvalue weighted by Crippen LogP contribution is 2.40. The zero-order chi connectivity index (χ0) is 33.9. The van der Waals surface area contributed by atoms with Gasteiger partial charge in [-0.2, -0.15) is 0 Å². The summed E-state index contributed by atoms with van der Waals surface area (Å²) < 4.78 is 52.7. The van der Waals surface area contributed by atoms with Crippen LogP contribution in [0.2, 0.25) is 0 Å². The molecule has 4 N–H and O–H groups in total. The van der Waals surface area contributed by atoms with Crippen LogP contribution in [0.3, 0.4) is 0 Å². The van der Waals surface area contributed by atoms with Crippen LogP contribution in [-0.4, -0.2) is 56.8 Å². The molecule has 1 saturated heterocycles. The van der Waals surface area contributed by atoms with Crippen LogP contribution in [-0.2, 0) is 25.8 Å². The van der Waals surface area contributed by atoms with E-state index in [2.05, 4.69) is 15.6 Å². The molecule has 3 aromatic carbocycles. The molecule has 2 unspecified atom stereocenters. The molecule has 5 rings (SSSR count). The van der Waals surface area contributed by atoms with Gasteiger partial charge in [-0.25, -0.2) is 22.6 Å². The number of benzene rings is 3. The van der Waals surface area contributed by atoms with Crippen LogP contribution in [0.1, 0.15) is 55.5 Å². The van der Waals surface area contributed by atoms with Crippen LogP contribution >= 0.6 is 0 Å². The van der Waals surface area contributed by atoms with E-state index in [1.165, 1.54) is 26.4 Å². The van der Waals surface area contributed by atoms with Crippen LogP contribution < -0.4 is 21.1 Å². The Kier molecular flexibility index (Phi) is 9.85. The lowest BCUT2D eigenvalue weighted by atomic mass is 9.98. The number of aromatic nitrogens is 1. The number of ether oxygens (including phenoxy) is 2. The monoisotopic (exact) mass is 663 g/mol. The number of likely N-dealkylation sites (tertiary alicyclic amines) is 1. The van der Waals surface area contributed by atoms with Gasteiger partial charge in [-0.15, -0.1) is 0 Å². The number of nitrogen functional groups attached to an aromatic ring is 1. The SMILES string of the molecule is CCc1cc(OC)c(F)c(C(Nc2ccc3c(N)nccc3c2)C(=O)N2CCCC2c2cc(NC(=O)OC)ccc2S(=O)(=O)CC)c1. The Bertz CT molecular complexity index is 1940. The van der Waals surface area contributed by atoms with Gasteiger partial charge in [0.2, 0.25) is 5.91 Å². The van der Waals surface area contributed by atoms with Gasteiger partial charge in [0.1, 0.15) is 11.9 Å². The Hall–Kier alpha value is -4.91. The number of hydrogen-bond acceptors (Lipinski definition) is 9. The number of hydrogen-bond donors (Lipinski definition) is 3. The second kappa shape index (κ2) is 13.8. The molecule has 47 heavy (non-hydrogen) atoms. The standard InChI is InChI=1S/C34H38FN5O6S/c1-5-20-16-26(30(35)28(17-20)45-3)31(38-22-9-11-24-21(18-22)13-14-37-32(24)36)33(41)40-15-7-8-27(40)25-19-23(39-34(42)46-4)10-12-29(25)47(43,44)6-2/h9-14,16-19,27,31,38H,5-8,15H2,1-4H3,(H2,36,37)(H,39,42). The molecule has 0 bridgehead atoms. The fourth-order valence-electron chi connectivity index (χ4n) is 5.99. The van der Waals surface area contributed by atoms with E-state index in [0.29, 0.717) is 48.6 Å². The number of rotatable bonds is 10. The van der Waals surface area contributed by atoms with Crippen molar-refractivity contribution in [1.82, 2.24) is 9.88 Å². The fraction of sp³-hybridized carbons (Fsp3) is 0.324. The zero-order valence-corrected chi connectivity index (χ0v) is 27.5. The lowest BCUT2D eigenvalue weighted by Crippen LogP contribution is -2.38. The number of aryl methyl sites for hydroxylation is 1. The van der Waals surface area contributed by atoms with Crippen molar-refractivity contribution in [2.45, 2.75) is 50.1 Å². The second-order valence-corrected chi connectivity index (χ2v) is 13.5. The first-order valence-electron chi connectivity index (χ1n) is 15.3. The Labute approximate surface area is 273 Å². The maximum absolute atomic E-state index is 16.1. The molecule has 1 aliphatic rings. The quantitative estimate of drug-likeness (QED) is 0.185. The first-order chi connectivity index (χ1) is 22.5. The largest absolute Gasteiger partial charge is 0.494 e. The van der Waals surface area contributed by atoms with Crippen LogP contribution in [0.15, 0.2) is 65.7 Å². The predicted octanol–water partition coefficient (Wildman–Crippen LogP) is 6.02. The maximum atomic E-state index is 16.1. The summed E-state index contributed by atoms with van der Waals surface area (Å²) in [5.74, 6) is -0.936. The number of nitrogens with zero attached hydrogens (tertiary/aromatic N) is 2. The molecular formula is C34H38FN5O6S. The molecule has 1 aliphatic heterocycles. The average molecular weight is 664 g/mol. The van der Waals surface area contributed by atoms with Crippen LogP contribution in [0.25, 0.3) is 10.8 Å². The van der Waals surface area contributed by atoms with Crippen LogP contribution in [0.4, 0.5) is 26.4 Å². The number of carbonyl (C=O) groups excluding carboxylic acids is 2. The molecule has 4 aromatic rings.